The molecule has 5 heteroatoms. The molecular weight excluding hydrogens is 279 g/mol. The zero-order chi connectivity index (χ0) is 15.3. The standard InChI is InChI=1S/C16H22F3NO/c1-2-9-21-15-8-4-7-14(11-15)20-13-6-3-5-12(10-13)16(17,18)19/h4,7-8,11-13,20H,2-3,5-6,9-10H2,1H3. The van der Waals surface area contributed by atoms with Crippen LogP contribution >= 0.6 is 0 Å². The first-order valence-corrected chi connectivity index (χ1v) is 7.55. The summed E-state index contributed by atoms with van der Waals surface area (Å²) in [5.41, 5.74) is 0.830. The fourth-order valence-electron chi connectivity index (χ4n) is 2.75. The number of alkyl halides is 3. The summed E-state index contributed by atoms with van der Waals surface area (Å²) in [6.07, 6.45) is -1.34. The third kappa shape index (κ3) is 4.83. The number of anilines is 1. The minimum absolute atomic E-state index is 0.119. The molecule has 2 rings (SSSR count). The zero-order valence-corrected chi connectivity index (χ0v) is 12.2. The lowest BCUT2D eigenvalue weighted by Gasteiger charge is -2.31. The lowest BCUT2D eigenvalue weighted by molar-refractivity contribution is -0.182. The first-order chi connectivity index (χ1) is 9.99. The molecule has 0 radical (unpaired) electrons. The Bertz CT molecular complexity index is 447. The average molecular weight is 301 g/mol. The van der Waals surface area contributed by atoms with Gasteiger partial charge in [-0.05, 0) is 37.8 Å². The van der Waals surface area contributed by atoms with E-state index < -0.39 is 12.1 Å². The van der Waals surface area contributed by atoms with Crippen LogP contribution in [0.25, 0.3) is 0 Å². The molecule has 1 aliphatic carbocycles. The summed E-state index contributed by atoms with van der Waals surface area (Å²) in [5.74, 6) is -0.423. The minimum Gasteiger partial charge on any atom is -0.494 e. The molecule has 1 aromatic rings. The van der Waals surface area contributed by atoms with Gasteiger partial charge in [0.2, 0.25) is 0 Å². The quantitative estimate of drug-likeness (QED) is 0.825. The first kappa shape index (κ1) is 16.0. The van der Waals surface area contributed by atoms with Gasteiger partial charge in [-0.15, -0.1) is 0 Å². The van der Waals surface area contributed by atoms with Crippen LogP contribution in [0.5, 0.6) is 5.75 Å². The van der Waals surface area contributed by atoms with E-state index in [2.05, 4.69) is 5.32 Å². The third-order valence-corrected chi connectivity index (χ3v) is 3.81. The van der Waals surface area contributed by atoms with Gasteiger partial charge in [0.15, 0.2) is 0 Å². The van der Waals surface area contributed by atoms with Crippen molar-refractivity contribution < 1.29 is 17.9 Å². The van der Waals surface area contributed by atoms with Gasteiger partial charge in [0, 0.05) is 17.8 Å². The van der Waals surface area contributed by atoms with Crippen LogP contribution in [-0.4, -0.2) is 18.8 Å². The van der Waals surface area contributed by atoms with Crippen LogP contribution in [0.4, 0.5) is 18.9 Å². The Morgan fingerprint density at radius 2 is 2.10 bits per heavy atom. The van der Waals surface area contributed by atoms with Crippen molar-refractivity contribution in [3.63, 3.8) is 0 Å². The molecule has 0 aromatic heterocycles. The summed E-state index contributed by atoms with van der Waals surface area (Å²) in [6, 6.07) is 7.33. The molecule has 2 unspecified atom stereocenters. The smallest absolute Gasteiger partial charge is 0.391 e. The summed E-state index contributed by atoms with van der Waals surface area (Å²) < 4.78 is 44.0. The number of hydrogen-bond acceptors (Lipinski definition) is 2. The number of benzene rings is 1. The molecule has 1 saturated carbocycles. The number of hydrogen-bond donors (Lipinski definition) is 1. The van der Waals surface area contributed by atoms with Gasteiger partial charge in [-0.3, -0.25) is 0 Å². The fraction of sp³-hybridized carbons (Fsp3) is 0.625. The Kier molecular flexibility index (Phi) is 5.37. The molecule has 0 spiro atoms. The van der Waals surface area contributed by atoms with E-state index in [4.69, 9.17) is 4.74 Å². The predicted molar refractivity (Wildman–Crippen MR) is 77.7 cm³/mol. The van der Waals surface area contributed by atoms with Crippen molar-refractivity contribution in [1.29, 1.82) is 0 Å². The number of rotatable bonds is 5. The molecular formula is C16H22F3NO. The van der Waals surface area contributed by atoms with Gasteiger partial charge in [-0.25, -0.2) is 0 Å². The van der Waals surface area contributed by atoms with Gasteiger partial charge in [0.05, 0.1) is 12.5 Å². The Labute approximate surface area is 123 Å². The summed E-state index contributed by atoms with van der Waals surface area (Å²) in [4.78, 5) is 0. The van der Waals surface area contributed by atoms with E-state index in [1.165, 1.54) is 0 Å². The first-order valence-electron chi connectivity index (χ1n) is 7.55. The van der Waals surface area contributed by atoms with E-state index in [0.717, 1.165) is 24.3 Å². The number of ether oxygens (including phenoxy) is 1. The molecule has 1 N–H and O–H groups in total. The second-order valence-corrected chi connectivity index (χ2v) is 5.62. The van der Waals surface area contributed by atoms with E-state index in [1.807, 2.05) is 31.2 Å². The number of nitrogens with one attached hydrogen (secondary N) is 1. The van der Waals surface area contributed by atoms with Gasteiger partial charge in [0.1, 0.15) is 5.75 Å². The Hall–Kier alpha value is -1.39. The third-order valence-electron chi connectivity index (χ3n) is 3.81. The van der Waals surface area contributed by atoms with E-state index in [0.29, 0.717) is 13.0 Å². The molecule has 1 aromatic carbocycles. The second-order valence-electron chi connectivity index (χ2n) is 5.62. The molecule has 0 bridgehead atoms. The van der Waals surface area contributed by atoms with Gasteiger partial charge in [-0.1, -0.05) is 19.4 Å². The van der Waals surface area contributed by atoms with Crippen molar-refractivity contribution in [3.05, 3.63) is 24.3 Å². The topological polar surface area (TPSA) is 21.3 Å². The molecule has 0 heterocycles. The highest BCUT2D eigenvalue weighted by Gasteiger charge is 2.42. The number of halogens is 3. The highest BCUT2D eigenvalue weighted by Crippen LogP contribution is 2.38. The average Bonchev–Trinajstić information content (AvgIpc) is 2.45. The lowest BCUT2D eigenvalue weighted by atomic mass is 9.85. The summed E-state index contributed by atoms with van der Waals surface area (Å²) >= 11 is 0. The van der Waals surface area contributed by atoms with Gasteiger partial charge < -0.3 is 10.1 Å². The van der Waals surface area contributed by atoms with E-state index in [1.54, 1.807) is 0 Å². The minimum atomic E-state index is -4.08. The van der Waals surface area contributed by atoms with E-state index >= 15 is 0 Å². The lowest BCUT2D eigenvalue weighted by Crippen LogP contribution is -2.34. The predicted octanol–water partition coefficient (Wildman–Crippen LogP) is 5.01. The molecule has 21 heavy (non-hydrogen) atoms. The van der Waals surface area contributed by atoms with Crippen LogP contribution in [0.3, 0.4) is 0 Å². The van der Waals surface area contributed by atoms with Crippen molar-refractivity contribution in [2.75, 3.05) is 11.9 Å². The molecule has 2 nitrogen and oxygen atoms in total. The Morgan fingerprint density at radius 3 is 2.81 bits per heavy atom. The maximum absolute atomic E-state index is 12.8. The van der Waals surface area contributed by atoms with Gasteiger partial charge in [0.25, 0.3) is 0 Å². The van der Waals surface area contributed by atoms with Gasteiger partial charge in [-0.2, -0.15) is 13.2 Å². The van der Waals surface area contributed by atoms with Crippen molar-refractivity contribution in [3.8, 4) is 5.75 Å². The van der Waals surface area contributed by atoms with Crippen LogP contribution in [-0.2, 0) is 0 Å². The van der Waals surface area contributed by atoms with Crippen LogP contribution in [0, 0.1) is 5.92 Å². The van der Waals surface area contributed by atoms with Crippen molar-refractivity contribution >= 4 is 5.69 Å². The van der Waals surface area contributed by atoms with Crippen LogP contribution in [0.1, 0.15) is 39.0 Å². The Balaban J connectivity index is 1.94. The van der Waals surface area contributed by atoms with E-state index in [9.17, 15) is 13.2 Å². The SMILES string of the molecule is CCCOc1cccc(NC2CCCC(C(F)(F)F)C2)c1. The normalized spacial score (nSPS) is 22.9. The summed E-state index contributed by atoms with van der Waals surface area (Å²) in [7, 11) is 0. The molecule has 118 valence electrons. The Morgan fingerprint density at radius 1 is 1.29 bits per heavy atom. The molecule has 0 aliphatic heterocycles. The van der Waals surface area contributed by atoms with Crippen molar-refractivity contribution in [1.82, 2.24) is 0 Å². The summed E-state index contributed by atoms with van der Waals surface area (Å²) in [6.45, 7) is 2.67. The van der Waals surface area contributed by atoms with E-state index in [-0.39, 0.29) is 18.9 Å². The van der Waals surface area contributed by atoms with Crippen molar-refractivity contribution in [2.24, 2.45) is 5.92 Å². The molecule has 1 fully saturated rings. The van der Waals surface area contributed by atoms with Gasteiger partial charge >= 0.3 is 6.18 Å². The maximum Gasteiger partial charge on any atom is 0.391 e. The largest absolute Gasteiger partial charge is 0.494 e. The van der Waals surface area contributed by atoms with Crippen molar-refractivity contribution in [2.45, 2.75) is 51.2 Å². The second kappa shape index (κ2) is 7.05. The fourth-order valence-corrected chi connectivity index (χ4v) is 2.75. The molecule has 2 atom stereocenters. The zero-order valence-electron chi connectivity index (χ0n) is 12.2. The molecule has 0 amide bonds. The molecule has 0 saturated heterocycles. The van der Waals surface area contributed by atoms with Crippen LogP contribution < -0.4 is 10.1 Å². The van der Waals surface area contributed by atoms with Crippen LogP contribution in [0.2, 0.25) is 0 Å². The summed E-state index contributed by atoms with van der Waals surface area (Å²) in [5, 5.41) is 3.22. The van der Waals surface area contributed by atoms with Crippen LogP contribution in [0.15, 0.2) is 24.3 Å². The highest BCUT2D eigenvalue weighted by molar-refractivity contribution is 5.48. The molecule has 1 aliphatic rings. The maximum atomic E-state index is 12.8. The monoisotopic (exact) mass is 301 g/mol. The highest BCUT2D eigenvalue weighted by atomic mass is 19.4.